The van der Waals surface area contributed by atoms with Gasteiger partial charge in [0.1, 0.15) is 35.1 Å². The molecule has 4 aromatic rings. The van der Waals surface area contributed by atoms with Crippen molar-refractivity contribution in [2.75, 3.05) is 5.73 Å². The fourth-order valence-corrected chi connectivity index (χ4v) is 4.72. The van der Waals surface area contributed by atoms with Gasteiger partial charge in [0.05, 0.1) is 12.7 Å². The monoisotopic (exact) mass is 718 g/mol. The summed E-state index contributed by atoms with van der Waals surface area (Å²) in [5.74, 6) is 2.87. The number of aromatic nitrogens is 8. The fourth-order valence-electron chi connectivity index (χ4n) is 4.72. The zero-order valence-corrected chi connectivity index (χ0v) is 30.6. The van der Waals surface area contributed by atoms with Crippen LogP contribution in [-0.4, -0.2) is 72.7 Å². The molecule has 0 aliphatic carbocycles. The van der Waals surface area contributed by atoms with Gasteiger partial charge in [0.2, 0.25) is 0 Å². The molecule has 2 aliphatic heterocycles. The van der Waals surface area contributed by atoms with Gasteiger partial charge in [-0.05, 0) is 75.3 Å². The molecule has 0 saturated heterocycles. The Labute approximate surface area is 307 Å². The van der Waals surface area contributed by atoms with E-state index in [0.717, 1.165) is 11.2 Å². The van der Waals surface area contributed by atoms with E-state index in [1.807, 2.05) is 59.0 Å². The standard InChI is InChI=1S/C9H12N4O.C9H14N2O.C8H11N5.C8H13N3.2CH4/c1-5(2)13-4-10-7-8(13)11-6(3)12-9(7)14;1-6(2)11-5-7(3)9(12)10-8(11)4;1-5(2)13-4-12-6-7(9)10-3-11-8(6)13;1-6(2)11-5-4-8(9)10-7(11)3;;/h4-5H,1-3H3,(H,11,12,14);5-6H,4H2,1-3H3,(H,10,12);3-5H,1-2H3,(H2,9,10,11);4-6H,3H2,1-2H3,(H2,9,10);2*1H4. The molecule has 0 saturated carbocycles. The van der Waals surface area contributed by atoms with Gasteiger partial charge in [0.25, 0.3) is 11.5 Å². The van der Waals surface area contributed by atoms with Crippen LogP contribution in [0.4, 0.5) is 5.82 Å². The van der Waals surface area contributed by atoms with Gasteiger partial charge in [0.15, 0.2) is 22.6 Å². The molecule has 0 bridgehead atoms. The minimum atomic E-state index is -0.174. The number of nitrogens with two attached hydrogens (primary N) is 2. The normalized spacial score (nSPS) is 13.8. The molecule has 0 aromatic carbocycles. The molecular formula is C36H58N14O2. The molecule has 0 spiro atoms. The Morgan fingerprint density at radius 1 is 0.750 bits per heavy atom. The van der Waals surface area contributed by atoms with Crippen LogP contribution in [0.1, 0.15) is 95.1 Å². The second kappa shape index (κ2) is 19.0. The van der Waals surface area contributed by atoms with Crippen molar-refractivity contribution in [3.05, 3.63) is 84.0 Å². The maximum atomic E-state index is 11.5. The molecule has 1 amide bonds. The van der Waals surface area contributed by atoms with E-state index in [0.29, 0.717) is 63.9 Å². The first-order valence-electron chi connectivity index (χ1n) is 16.3. The van der Waals surface area contributed by atoms with E-state index in [2.05, 4.69) is 81.1 Å². The van der Waals surface area contributed by atoms with Crippen molar-refractivity contribution in [1.29, 1.82) is 0 Å². The molecule has 6 rings (SSSR count). The summed E-state index contributed by atoms with van der Waals surface area (Å²) < 4.78 is 3.85. The number of carbonyl (C=O) groups excluding carboxylic acids is 1. The number of aliphatic imine (C=N–C) groups is 1. The first kappa shape index (κ1) is 44.2. The zero-order chi connectivity index (χ0) is 37.4. The quantitative estimate of drug-likeness (QED) is 0.206. The van der Waals surface area contributed by atoms with Crippen LogP contribution in [0.2, 0.25) is 0 Å². The van der Waals surface area contributed by atoms with Crippen molar-refractivity contribution in [1.82, 2.24) is 54.2 Å². The van der Waals surface area contributed by atoms with E-state index >= 15 is 0 Å². The Bertz CT molecular complexity index is 1990. The van der Waals surface area contributed by atoms with Gasteiger partial charge < -0.3 is 40.7 Å². The second-order valence-electron chi connectivity index (χ2n) is 12.7. The van der Waals surface area contributed by atoms with Crippen molar-refractivity contribution in [3.63, 3.8) is 0 Å². The lowest BCUT2D eigenvalue weighted by atomic mass is 10.2. The number of fused-ring (bicyclic) bond motifs is 2. The number of anilines is 1. The highest BCUT2D eigenvalue weighted by molar-refractivity contribution is 5.94. The Morgan fingerprint density at radius 2 is 1.31 bits per heavy atom. The SMILES string of the molecule is C.C.C=C1N=C(N)C=CN1C(C)C.C=C1NC(=O)C(C)=CN1C(C)C.CC(C)n1cnc2c(N)ncnc21.Cc1nc2c(ncn2C(C)C)c(=O)[nH]1. The highest BCUT2D eigenvalue weighted by Gasteiger charge is 2.19. The number of nitrogen functional groups attached to an aromatic ring is 1. The number of nitrogens with one attached hydrogen (secondary N) is 2. The van der Waals surface area contributed by atoms with E-state index in [1.54, 1.807) is 32.6 Å². The lowest BCUT2D eigenvalue weighted by Gasteiger charge is -2.31. The van der Waals surface area contributed by atoms with Crippen LogP contribution in [0.3, 0.4) is 0 Å². The first-order valence-corrected chi connectivity index (χ1v) is 16.3. The largest absolute Gasteiger partial charge is 0.384 e. The second-order valence-corrected chi connectivity index (χ2v) is 12.7. The van der Waals surface area contributed by atoms with Gasteiger partial charge in [-0.1, -0.05) is 28.0 Å². The van der Waals surface area contributed by atoms with E-state index in [4.69, 9.17) is 11.5 Å². The van der Waals surface area contributed by atoms with Gasteiger partial charge in [0, 0.05) is 42.1 Å². The lowest BCUT2D eigenvalue weighted by Crippen LogP contribution is -2.40. The van der Waals surface area contributed by atoms with Gasteiger partial charge in [-0.15, -0.1) is 0 Å². The smallest absolute Gasteiger partial charge is 0.279 e. The molecule has 16 heteroatoms. The van der Waals surface area contributed by atoms with E-state index in [-0.39, 0.29) is 32.4 Å². The van der Waals surface area contributed by atoms with Crippen LogP contribution in [-0.2, 0) is 4.79 Å². The summed E-state index contributed by atoms with van der Waals surface area (Å²) in [5, 5.41) is 2.68. The number of hydrogen-bond donors (Lipinski definition) is 4. The molecule has 2 aliphatic rings. The van der Waals surface area contributed by atoms with Gasteiger partial charge in [-0.25, -0.2) is 29.9 Å². The third-order valence-electron chi connectivity index (χ3n) is 7.39. The minimum Gasteiger partial charge on any atom is -0.384 e. The number of aromatic amines is 1. The van der Waals surface area contributed by atoms with Crippen LogP contribution < -0.4 is 22.3 Å². The highest BCUT2D eigenvalue weighted by Crippen LogP contribution is 2.18. The summed E-state index contributed by atoms with van der Waals surface area (Å²) >= 11 is 0. The number of aryl methyl sites for hydroxylation is 1. The van der Waals surface area contributed by atoms with Crippen molar-refractivity contribution >= 4 is 39.9 Å². The van der Waals surface area contributed by atoms with Crippen LogP contribution in [0, 0.1) is 6.92 Å². The maximum Gasteiger partial charge on any atom is 0.279 e. The number of carbonyl (C=O) groups is 1. The molecule has 6 N–H and O–H groups in total. The van der Waals surface area contributed by atoms with Crippen LogP contribution in [0.25, 0.3) is 22.3 Å². The Balaban J connectivity index is 0.000000344. The van der Waals surface area contributed by atoms with E-state index < -0.39 is 0 Å². The molecule has 4 aromatic heterocycles. The summed E-state index contributed by atoms with van der Waals surface area (Å²) in [6.45, 7) is 27.5. The average Bonchev–Trinajstić information content (AvgIpc) is 3.66. The zero-order valence-electron chi connectivity index (χ0n) is 30.6. The minimum absolute atomic E-state index is 0. The third kappa shape index (κ3) is 10.8. The Morgan fingerprint density at radius 3 is 1.85 bits per heavy atom. The summed E-state index contributed by atoms with van der Waals surface area (Å²) in [6.07, 6.45) is 10.3. The molecule has 0 fully saturated rings. The van der Waals surface area contributed by atoms with Crippen molar-refractivity contribution in [3.8, 4) is 0 Å². The van der Waals surface area contributed by atoms with Gasteiger partial charge >= 0.3 is 0 Å². The van der Waals surface area contributed by atoms with Crippen LogP contribution >= 0.6 is 0 Å². The Hall–Kier alpha value is -5.80. The van der Waals surface area contributed by atoms with E-state index in [1.165, 1.54) is 6.33 Å². The maximum absolute atomic E-state index is 11.5. The van der Waals surface area contributed by atoms with Crippen LogP contribution in [0.5, 0.6) is 0 Å². The van der Waals surface area contributed by atoms with Crippen LogP contribution in [0.15, 0.2) is 77.6 Å². The fraction of sp³-hybridized carbons (Fsp3) is 0.444. The molecule has 0 radical (unpaired) electrons. The number of nitrogens with zero attached hydrogens (tertiary/aromatic N) is 10. The van der Waals surface area contributed by atoms with Crippen molar-refractivity contribution in [2.45, 2.75) is 108 Å². The molecule has 16 nitrogen and oxygen atoms in total. The summed E-state index contributed by atoms with van der Waals surface area (Å²) in [5.41, 5.74) is 14.2. The number of rotatable bonds is 4. The van der Waals surface area contributed by atoms with Crippen molar-refractivity contribution in [2.24, 2.45) is 10.7 Å². The third-order valence-corrected chi connectivity index (χ3v) is 7.39. The number of hydrogen-bond acceptors (Lipinski definition) is 12. The molecule has 284 valence electrons. The average molecular weight is 719 g/mol. The Kier molecular flexibility index (Phi) is 16.1. The summed E-state index contributed by atoms with van der Waals surface area (Å²) in [4.78, 5) is 53.6. The number of H-pyrrole nitrogens is 1. The van der Waals surface area contributed by atoms with E-state index in [9.17, 15) is 9.59 Å². The molecule has 0 unspecified atom stereocenters. The first-order chi connectivity index (χ1) is 23.4. The van der Waals surface area contributed by atoms with Gasteiger partial charge in [-0.2, -0.15) is 0 Å². The van der Waals surface area contributed by atoms with Gasteiger partial charge in [-0.3, -0.25) is 9.59 Å². The number of imidazole rings is 2. The summed E-state index contributed by atoms with van der Waals surface area (Å²) in [6, 6.07) is 1.30. The molecule has 6 heterocycles. The van der Waals surface area contributed by atoms with Crippen molar-refractivity contribution < 1.29 is 4.79 Å². The predicted molar refractivity (Wildman–Crippen MR) is 212 cm³/mol. The predicted octanol–water partition coefficient (Wildman–Crippen LogP) is 5.52. The molecular weight excluding hydrogens is 660 g/mol. The molecule has 52 heavy (non-hydrogen) atoms. The highest BCUT2D eigenvalue weighted by atomic mass is 16.2. The topological polar surface area (TPSA) is 207 Å². The molecule has 0 atom stereocenters. The lowest BCUT2D eigenvalue weighted by molar-refractivity contribution is -0.117. The summed E-state index contributed by atoms with van der Waals surface area (Å²) in [7, 11) is 0. The number of amidine groups is 1. The number of amides is 1.